The van der Waals surface area contributed by atoms with Gasteiger partial charge in [0, 0.05) is 16.9 Å². The van der Waals surface area contributed by atoms with Gasteiger partial charge in [-0.3, -0.25) is 15.4 Å². The van der Waals surface area contributed by atoms with Crippen molar-refractivity contribution < 1.29 is 14.3 Å². The first-order valence-corrected chi connectivity index (χ1v) is 10.1. The monoisotopic (exact) mass is 427 g/mol. The van der Waals surface area contributed by atoms with Gasteiger partial charge in [0.15, 0.2) is 5.11 Å². The topological polar surface area (TPSA) is 79.5 Å². The van der Waals surface area contributed by atoms with E-state index in [0.29, 0.717) is 16.9 Å². The Morgan fingerprint density at radius 2 is 1.30 bits per heavy atom. The number of ether oxygens (including phenoxy) is 1. The molecule has 7 heteroatoms. The lowest BCUT2D eigenvalue weighted by Crippen LogP contribution is -2.34. The number of nitrogens with one attached hydrogen (secondary N) is 3. The van der Waals surface area contributed by atoms with Crippen molar-refractivity contribution in [2.24, 2.45) is 0 Å². The molecule has 0 bridgehead atoms. The summed E-state index contributed by atoms with van der Waals surface area (Å²) in [4.78, 5) is 24.2. The Labute approximate surface area is 183 Å². The van der Waals surface area contributed by atoms with Gasteiger partial charge in [-0.25, -0.2) is 4.79 Å². The molecule has 0 saturated heterocycles. The Balaban J connectivity index is 1.90. The summed E-state index contributed by atoms with van der Waals surface area (Å²) < 4.78 is 5.21. The van der Waals surface area contributed by atoms with Gasteiger partial charge in [0.1, 0.15) is 5.60 Å². The molecule has 0 aliphatic heterocycles. The molecule has 2 aromatic carbocycles. The number of thiocarbonyl (C=S) groups is 1. The van der Waals surface area contributed by atoms with Crippen LogP contribution in [-0.4, -0.2) is 22.7 Å². The van der Waals surface area contributed by atoms with Crippen LogP contribution in [-0.2, 0) is 10.2 Å². The largest absolute Gasteiger partial charge is 0.444 e. The Morgan fingerprint density at radius 3 is 1.77 bits per heavy atom. The molecule has 0 spiro atoms. The zero-order valence-corrected chi connectivity index (χ0v) is 19.1. The van der Waals surface area contributed by atoms with Crippen molar-refractivity contribution in [3.05, 3.63) is 59.7 Å². The van der Waals surface area contributed by atoms with Gasteiger partial charge < -0.3 is 10.1 Å². The molecule has 3 N–H and O–H groups in total. The van der Waals surface area contributed by atoms with Crippen molar-refractivity contribution in [1.29, 1.82) is 0 Å². The molecule has 0 aromatic heterocycles. The molecule has 30 heavy (non-hydrogen) atoms. The Morgan fingerprint density at radius 1 is 0.800 bits per heavy atom. The third-order valence-corrected chi connectivity index (χ3v) is 4.23. The summed E-state index contributed by atoms with van der Waals surface area (Å²) in [5, 5.41) is 8.46. The highest BCUT2D eigenvalue weighted by molar-refractivity contribution is 7.80. The average molecular weight is 428 g/mol. The second kappa shape index (κ2) is 9.26. The lowest BCUT2D eigenvalue weighted by atomic mass is 9.87. The van der Waals surface area contributed by atoms with Crippen molar-refractivity contribution in [2.45, 2.75) is 52.6 Å². The van der Waals surface area contributed by atoms with Gasteiger partial charge in [-0.1, -0.05) is 32.9 Å². The third-order valence-electron chi connectivity index (χ3n) is 4.03. The number of carbonyl (C=O) groups is 2. The minimum Gasteiger partial charge on any atom is -0.444 e. The van der Waals surface area contributed by atoms with Gasteiger partial charge in [0.2, 0.25) is 0 Å². The Kier molecular flexibility index (Phi) is 7.21. The molecule has 0 saturated carbocycles. The van der Waals surface area contributed by atoms with Crippen molar-refractivity contribution >= 4 is 40.7 Å². The number of carbonyl (C=O) groups excluding carboxylic acids is 2. The van der Waals surface area contributed by atoms with Crippen molar-refractivity contribution in [3.63, 3.8) is 0 Å². The number of benzene rings is 2. The average Bonchev–Trinajstić information content (AvgIpc) is 2.61. The van der Waals surface area contributed by atoms with E-state index in [-0.39, 0.29) is 16.4 Å². The van der Waals surface area contributed by atoms with Gasteiger partial charge in [0.25, 0.3) is 5.91 Å². The molecule has 0 heterocycles. The van der Waals surface area contributed by atoms with E-state index in [9.17, 15) is 9.59 Å². The van der Waals surface area contributed by atoms with Gasteiger partial charge >= 0.3 is 6.09 Å². The van der Waals surface area contributed by atoms with Crippen LogP contribution in [0, 0.1) is 0 Å². The van der Waals surface area contributed by atoms with Crippen LogP contribution in [0.5, 0.6) is 0 Å². The maximum absolute atomic E-state index is 12.4. The van der Waals surface area contributed by atoms with Crippen LogP contribution in [0.15, 0.2) is 48.5 Å². The summed E-state index contributed by atoms with van der Waals surface area (Å²) in [6.45, 7) is 11.8. The fourth-order valence-electron chi connectivity index (χ4n) is 2.52. The quantitative estimate of drug-likeness (QED) is 0.567. The molecule has 0 radical (unpaired) electrons. The van der Waals surface area contributed by atoms with Crippen LogP contribution in [0.3, 0.4) is 0 Å². The van der Waals surface area contributed by atoms with Crippen LogP contribution in [0.2, 0.25) is 0 Å². The zero-order valence-electron chi connectivity index (χ0n) is 18.3. The van der Waals surface area contributed by atoms with Crippen LogP contribution in [0.1, 0.15) is 57.5 Å². The minimum atomic E-state index is -0.566. The first-order chi connectivity index (χ1) is 13.8. The van der Waals surface area contributed by atoms with E-state index in [1.165, 1.54) is 0 Å². The Bertz CT molecular complexity index is 909. The molecule has 0 atom stereocenters. The summed E-state index contributed by atoms with van der Waals surface area (Å²) in [6, 6.07) is 14.4. The van der Waals surface area contributed by atoms with Crippen LogP contribution >= 0.6 is 12.2 Å². The summed E-state index contributed by atoms with van der Waals surface area (Å²) in [5.74, 6) is -0.281. The smallest absolute Gasteiger partial charge is 0.412 e. The van der Waals surface area contributed by atoms with Crippen LogP contribution in [0.25, 0.3) is 0 Å². The van der Waals surface area contributed by atoms with Crippen molar-refractivity contribution in [3.8, 4) is 0 Å². The fourth-order valence-corrected chi connectivity index (χ4v) is 2.73. The number of hydrogen-bond donors (Lipinski definition) is 3. The molecule has 2 rings (SSSR count). The molecule has 0 aliphatic rings. The lowest BCUT2D eigenvalue weighted by Gasteiger charge is -2.19. The molecule has 2 aromatic rings. The molecule has 0 aliphatic carbocycles. The maximum Gasteiger partial charge on any atom is 0.412 e. The normalized spacial score (nSPS) is 11.4. The molecule has 0 unspecified atom stereocenters. The second-order valence-electron chi connectivity index (χ2n) is 8.94. The lowest BCUT2D eigenvalue weighted by molar-refractivity contribution is 0.0635. The highest BCUT2D eigenvalue weighted by Gasteiger charge is 2.16. The number of amides is 2. The van der Waals surface area contributed by atoms with Crippen LogP contribution in [0.4, 0.5) is 16.2 Å². The predicted octanol–water partition coefficient (Wildman–Crippen LogP) is 5.46. The molecule has 2 amide bonds. The SMILES string of the molecule is CC(C)(C)OC(=O)Nc1ccc(NC(=S)NC(=O)c2ccc(C(C)(C)C)cc2)cc1. The van der Waals surface area contributed by atoms with Gasteiger partial charge in [-0.05, 0) is 80.4 Å². The number of rotatable bonds is 3. The summed E-state index contributed by atoms with van der Waals surface area (Å²) in [5.41, 5.74) is 2.41. The van der Waals surface area contributed by atoms with Crippen molar-refractivity contribution in [1.82, 2.24) is 5.32 Å². The summed E-state index contributed by atoms with van der Waals surface area (Å²) >= 11 is 5.23. The molecule has 160 valence electrons. The maximum atomic E-state index is 12.4. The molecular formula is C23H29N3O3S. The predicted molar refractivity (Wildman–Crippen MR) is 125 cm³/mol. The summed E-state index contributed by atoms with van der Waals surface area (Å²) in [6.07, 6.45) is -0.525. The third kappa shape index (κ3) is 7.48. The van der Waals surface area contributed by atoms with E-state index in [2.05, 4.69) is 36.7 Å². The Hall–Kier alpha value is -2.93. The van der Waals surface area contributed by atoms with E-state index < -0.39 is 11.7 Å². The highest BCUT2D eigenvalue weighted by atomic mass is 32.1. The number of hydrogen-bond acceptors (Lipinski definition) is 4. The van der Waals surface area contributed by atoms with E-state index >= 15 is 0 Å². The first-order valence-electron chi connectivity index (χ1n) is 9.66. The summed E-state index contributed by atoms with van der Waals surface area (Å²) in [7, 11) is 0. The molecule has 6 nitrogen and oxygen atoms in total. The second-order valence-corrected chi connectivity index (χ2v) is 9.35. The van der Waals surface area contributed by atoms with E-state index in [1.807, 2.05) is 12.1 Å². The van der Waals surface area contributed by atoms with Gasteiger partial charge in [-0.15, -0.1) is 0 Å². The highest BCUT2D eigenvalue weighted by Crippen LogP contribution is 2.22. The minimum absolute atomic E-state index is 0.0242. The van der Waals surface area contributed by atoms with E-state index in [0.717, 1.165) is 5.56 Å². The van der Waals surface area contributed by atoms with E-state index in [4.69, 9.17) is 17.0 Å². The molecule has 0 fully saturated rings. The van der Waals surface area contributed by atoms with E-state index in [1.54, 1.807) is 57.2 Å². The van der Waals surface area contributed by atoms with Gasteiger partial charge in [-0.2, -0.15) is 0 Å². The van der Waals surface area contributed by atoms with Crippen molar-refractivity contribution in [2.75, 3.05) is 10.6 Å². The number of anilines is 2. The van der Waals surface area contributed by atoms with Crippen LogP contribution < -0.4 is 16.0 Å². The fraction of sp³-hybridized carbons (Fsp3) is 0.348. The molecular weight excluding hydrogens is 398 g/mol. The first kappa shape index (κ1) is 23.3. The zero-order chi connectivity index (χ0) is 22.5. The standard InChI is InChI=1S/C23H29N3O3S/c1-22(2,3)16-9-7-15(8-10-16)19(27)26-20(30)24-17-11-13-18(14-12-17)25-21(28)29-23(4,5)6/h7-14H,1-6H3,(H,25,28)(H2,24,26,27,30). The van der Waals surface area contributed by atoms with Gasteiger partial charge in [0.05, 0.1) is 0 Å².